The van der Waals surface area contributed by atoms with E-state index in [0.29, 0.717) is 0 Å². The average Bonchev–Trinajstić information content (AvgIpc) is 2.33. The molecule has 0 radical (unpaired) electrons. The molecule has 0 aliphatic heterocycles. The van der Waals surface area contributed by atoms with Crippen LogP contribution in [0.25, 0.3) is 0 Å². The Morgan fingerprint density at radius 1 is 1.25 bits per heavy atom. The van der Waals surface area contributed by atoms with E-state index in [0.717, 1.165) is 21.9 Å². The highest BCUT2D eigenvalue weighted by atomic mass is 32.2. The first-order valence-electron chi connectivity index (χ1n) is 5.70. The van der Waals surface area contributed by atoms with Gasteiger partial charge in [0.15, 0.2) is 4.90 Å². The molecule has 0 atom stereocenters. The molecule has 1 heterocycles. The Bertz CT molecular complexity index is 865. The number of aryl methyl sites for hydroxylation is 1. The van der Waals surface area contributed by atoms with Gasteiger partial charge < -0.3 is 0 Å². The van der Waals surface area contributed by atoms with Crippen molar-refractivity contribution in [1.82, 2.24) is 9.55 Å². The molecule has 1 aromatic carbocycles. The maximum Gasteiger partial charge on any atom is 0.328 e. The average molecular weight is 295 g/mol. The lowest BCUT2D eigenvalue weighted by Gasteiger charge is -2.09. The highest BCUT2D eigenvalue weighted by Gasteiger charge is 2.15. The summed E-state index contributed by atoms with van der Waals surface area (Å²) < 4.78 is 23.7. The summed E-state index contributed by atoms with van der Waals surface area (Å²) in [5, 5.41) is 4.94. The Morgan fingerprint density at radius 2 is 1.90 bits per heavy atom. The zero-order valence-electron chi connectivity index (χ0n) is 10.7. The maximum absolute atomic E-state index is 11.7. The third-order valence-electron chi connectivity index (χ3n) is 2.89. The molecule has 0 spiro atoms. The molecule has 0 fully saturated rings. The highest BCUT2D eigenvalue weighted by Crippen LogP contribution is 2.08. The van der Waals surface area contributed by atoms with E-state index in [2.05, 4.69) is 0 Å². The number of benzene rings is 1. The van der Waals surface area contributed by atoms with E-state index in [1.165, 1.54) is 0 Å². The zero-order chi connectivity index (χ0) is 14.9. The Kier molecular flexibility index (Phi) is 3.60. The van der Waals surface area contributed by atoms with Crippen molar-refractivity contribution >= 4 is 10.0 Å². The van der Waals surface area contributed by atoms with E-state index < -0.39 is 26.2 Å². The molecule has 0 bridgehead atoms. The van der Waals surface area contributed by atoms with Crippen LogP contribution in [-0.4, -0.2) is 18.0 Å². The van der Waals surface area contributed by atoms with E-state index in [-0.39, 0.29) is 6.54 Å². The second-order valence-electron chi connectivity index (χ2n) is 4.35. The van der Waals surface area contributed by atoms with Crippen LogP contribution in [0.2, 0.25) is 0 Å². The third-order valence-corrected chi connectivity index (χ3v) is 3.79. The van der Waals surface area contributed by atoms with Gasteiger partial charge in [-0.1, -0.05) is 24.3 Å². The summed E-state index contributed by atoms with van der Waals surface area (Å²) in [6.45, 7) is 2.01. The van der Waals surface area contributed by atoms with Gasteiger partial charge in [0.2, 0.25) is 10.0 Å². The van der Waals surface area contributed by atoms with Gasteiger partial charge in [-0.15, -0.1) is 0 Å². The fraction of sp³-hybridized carbons (Fsp3) is 0.167. The highest BCUT2D eigenvalue weighted by molar-refractivity contribution is 7.89. The van der Waals surface area contributed by atoms with Crippen LogP contribution in [-0.2, 0) is 16.6 Å². The minimum atomic E-state index is -4.18. The summed E-state index contributed by atoms with van der Waals surface area (Å²) in [4.78, 5) is 24.4. The Labute approximate surface area is 114 Å². The summed E-state index contributed by atoms with van der Waals surface area (Å²) in [6.07, 6.45) is 0.961. The van der Waals surface area contributed by atoms with Crippen molar-refractivity contribution in [3.8, 4) is 0 Å². The first kappa shape index (κ1) is 14.2. The molecule has 20 heavy (non-hydrogen) atoms. The Balaban J connectivity index is 2.57. The van der Waals surface area contributed by atoms with E-state index in [1.54, 1.807) is 6.07 Å². The topological polar surface area (TPSA) is 115 Å². The van der Waals surface area contributed by atoms with Crippen LogP contribution in [0.5, 0.6) is 0 Å². The number of rotatable bonds is 3. The predicted molar refractivity (Wildman–Crippen MR) is 73.0 cm³/mol. The largest absolute Gasteiger partial charge is 0.328 e. The van der Waals surface area contributed by atoms with E-state index in [1.807, 2.05) is 30.1 Å². The first-order valence-corrected chi connectivity index (χ1v) is 7.25. The van der Waals surface area contributed by atoms with Crippen LogP contribution in [0.4, 0.5) is 0 Å². The summed E-state index contributed by atoms with van der Waals surface area (Å²) >= 11 is 0. The predicted octanol–water partition coefficient (Wildman–Crippen LogP) is -0.459. The lowest BCUT2D eigenvalue weighted by atomic mass is 10.1. The summed E-state index contributed by atoms with van der Waals surface area (Å²) in [7, 11) is -4.18. The maximum atomic E-state index is 11.7. The fourth-order valence-electron chi connectivity index (χ4n) is 1.78. The monoisotopic (exact) mass is 295 g/mol. The molecule has 0 aliphatic carbocycles. The van der Waals surface area contributed by atoms with Crippen LogP contribution in [0, 0.1) is 6.92 Å². The zero-order valence-corrected chi connectivity index (χ0v) is 11.5. The molecule has 0 saturated heterocycles. The van der Waals surface area contributed by atoms with Crippen LogP contribution in [0.1, 0.15) is 11.1 Å². The minimum Gasteiger partial charge on any atom is -0.295 e. The van der Waals surface area contributed by atoms with Crippen LogP contribution >= 0.6 is 0 Å². The smallest absolute Gasteiger partial charge is 0.295 e. The number of aromatic nitrogens is 2. The molecular formula is C12H13N3O4S. The van der Waals surface area contributed by atoms with E-state index >= 15 is 0 Å². The van der Waals surface area contributed by atoms with Crippen molar-refractivity contribution in [3.63, 3.8) is 0 Å². The van der Waals surface area contributed by atoms with Gasteiger partial charge in [-0.25, -0.2) is 18.4 Å². The number of nitrogens with one attached hydrogen (secondary N) is 1. The Hall–Kier alpha value is -2.19. The molecule has 0 unspecified atom stereocenters. The third kappa shape index (κ3) is 2.86. The SMILES string of the molecule is Cc1ccccc1Cn1cc(S(N)(=O)=O)c(=O)[nH]c1=O. The number of aromatic amines is 1. The van der Waals surface area contributed by atoms with Gasteiger partial charge in [0, 0.05) is 6.20 Å². The van der Waals surface area contributed by atoms with Crippen molar-refractivity contribution in [2.45, 2.75) is 18.4 Å². The summed E-state index contributed by atoms with van der Waals surface area (Å²) in [6, 6.07) is 7.33. The summed E-state index contributed by atoms with van der Waals surface area (Å²) in [5.74, 6) is 0. The number of H-pyrrole nitrogens is 1. The van der Waals surface area contributed by atoms with Gasteiger partial charge in [0.1, 0.15) is 0 Å². The molecule has 1 aromatic heterocycles. The number of sulfonamides is 1. The quantitative estimate of drug-likeness (QED) is 0.797. The van der Waals surface area contributed by atoms with Crippen LogP contribution in [0.15, 0.2) is 44.9 Å². The van der Waals surface area contributed by atoms with Crippen molar-refractivity contribution in [2.75, 3.05) is 0 Å². The number of nitrogens with zero attached hydrogens (tertiary/aromatic N) is 1. The fourth-order valence-corrected chi connectivity index (χ4v) is 2.36. The second kappa shape index (κ2) is 5.06. The van der Waals surface area contributed by atoms with Gasteiger partial charge in [-0.2, -0.15) is 0 Å². The number of primary sulfonamides is 1. The van der Waals surface area contributed by atoms with E-state index in [4.69, 9.17) is 5.14 Å². The van der Waals surface area contributed by atoms with Crippen molar-refractivity contribution < 1.29 is 8.42 Å². The van der Waals surface area contributed by atoms with Gasteiger partial charge in [0.25, 0.3) is 5.56 Å². The molecule has 0 aliphatic rings. The molecular weight excluding hydrogens is 282 g/mol. The molecule has 7 nitrogen and oxygen atoms in total. The molecule has 8 heteroatoms. The minimum absolute atomic E-state index is 0.144. The van der Waals surface area contributed by atoms with Crippen molar-refractivity contribution in [3.05, 3.63) is 62.4 Å². The molecule has 106 valence electrons. The molecule has 3 N–H and O–H groups in total. The molecule has 0 amide bonds. The molecule has 2 rings (SSSR count). The molecule has 0 saturated carbocycles. The first-order chi connectivity index (χ1) is 9.29. The summed E-state index contributed by atoms with van der Waals surface area (Å²) in [5.41, 5.74) is 0.0777. The van der Waals surface area contributed by atoms with E-state index in [9.17, 15) is 18.0 Å². The van der Waals surface area contributed by atoms with Gasteiger partial charge in [-0.05, 0) is 18.1 Å². The van der Waals surface area contributed by atoms with Crippen LogP contribution < -0.4 is 16.4 Å². The number of hydrogen-bond acceptors (Lipinski definition) is 4. The second-order valence-corrected chi connectivity index (χ2v) is 5.88. The van der Waals surface area contributed by atoms with Gasteiger partial charge >= 0.3 is 5.69 Å². The van der Waals surface area contributed by atoms with Crippen molar-refractivity contribution in [2.24, 2.45) is 5.14 Å². The van der Waals surface area contributed by atoms with Crippen molar-refractivity contribution in [1.29, 1.82) is 0 Å². The lowest BCUT2D eigenvalue weighted by Crippen LogP contribution is -2.35. The van der Waals surface area contributed by atoms with Crippen LogP contribution in [0.3, 0.4) is 0 Å². The van der Waals surface area contributed by atoms with Gasteiger partial charge in [-0.3, -0.25) is 14.3 Å². The van der Waals surface area contributed by atoms with Gasteiger partial charge in [0.05, 0.1) is 6.54 Å². The Morgan fingerprint density at radius 3 is 2.50 bits per heavy atom. The lowest BCUT2D eigenvalue weighted by molar-refractivity contribution is 0.591. The molecule has 2 aromatic rings. The standard InChI is InChI=1S/C12H13N3O4S/c1-8-4-2-3-5-9(8)6-15-7-10(20(13,18)19)11(16)14-12(15)17/h2-5,7H,6H2,1H3,(H2,13,18,19)(H,14,16,17). The number of hydrogen-bond donors (Lipinski definition) is 2. The normalized spacial score (nSPS) is 11.5. The number of nitrogens with two attached hydrogens (primary N) is 1.